The van der Waals surface area contributed by atoms with Gasteiger partial charge < -0.3 is 15.0 Å². The molecule has 2 aromatic carbocycles. The summed E-state index contributed by atoms with van der Waals surface area (Å²) in [6.07, 6.45) is 1.16. The van der Waals surface area contributed by atoms with E-state index >= 15 is 0 Å². The van der Waals surface area contributed by atoms with Crippen molar-refractivity contribution in [2.24, 2.45) is 0 Å². The highest BCUT2D eigenvalue weighted by Crippen LogP contribution is 2.26. The standard InChI is InChI=1S/C23H29ClN2O3/c1-16(19-8-6-5-7-9-19)12-23(28)25-15-20(26(3)4)13-18-10-11-22(21(24)14-18)29-17(2)27/h5-11,14,16,20H,12-13,15H2,1-4H3,(H,25,28). The lowest BCUT2D eigenvalue weighted by atomic mass is 9.97. The topological polar surface area (TPSA) is 58.6 Å². The van der Waals surface area contributed by atoms with Crippen LogP contribution < -0.4 is 10.1 Å². The van der Waals surface area contributed by atoms with Crippen LogP contribution in [0.2, 0.25) is 5.02 Å². The highest BCUT2D eigenvalue weighted by Gasteiger charge is 2.17. The predicted octanol–water partition coefficient (Wildman–Crippen LogP) is 4.05. The van der Waals surface area contributed by atoms with Crippen LogP contribution in [0.4, 0.5) is 0 Å². The second-order valence-electron chi connectivity index (χ2n) is 7.50. The number of hydrogen-bond donors (Lipinski definition) is 1. The Bertz CT molecular complexity index is 824. The normalized spacial score (nSPS) is 13.0. The van der Waals surface area contributed by atoms with Crippen LogP contribution in [0.1, 0.15) is 37.3 Å². The molecule has 0 aromatic heterocycles. The molecule has 0 bridgehead atoms. The summed E-state index contributed by atoms with van der Waals surface area (Å²) >= 11 is 6.22. The number of likely N-dealkylation sites (N-methyl/N-ethyl adjacent to an activating group) is 1. The van der Waals surface area contributed by atoms with Crippen molar-refractivity contribution >= 4 is 23.5 Å². The minimum absolute atomic E-state index is 0.0384. The van der Waals surface area contributed by atoms with E-state index in [1.807, 2.05) is 50.5 Å². The van der Waals surface area contributed by atoms with E-state index in [0.29, 0.717) is 30.2 Å². The van der Waals surface area contributed by atoms with E-state index in [1.165, 1.54) is 6.92 Å². The molecule has 6 heteroatoms. The fraction of sp³-hybridized carbons (Fsp3) is 0.391. The monoisotopic (exact) mass is 416 g/mol. The molecule has 0 heterocycles. The maximum atomic E-state index is 12.4. The molecule has 0 aliphatic heterocycles. The molecule has 0 saturated carbocycles. The van der Waals surface area contributed by atoms with E-state index in [0.717, 1.165) is 11.1 Å². The minimum Gasteiger partial charge on any atom is -0.425 e. The van der Waals surface area contributed by atoms with Crippen molar-refractivity contribution in [1.29, 1.82) is 0 Å². The number of amides is 1. The molecular weight excluding hydrogens is 388 g/mol. The molecule has 2 unspecified atom stereocenters. The lowest BCUT2D eigenvalue weighted by Crippen LogP contribution is -2.41. The maximum absolute atomic E-state index is 12.4. The quantitative estimate of drug-likeness (QED) is 0.495. The number of nitrogens with one attached hydrogen (secondary N) is 1. The van der Waals surface area contributed by atoms with E-state index in [4.69, 9.17) is 16.3 Å². The Hall–Kier alpha value is -2.37. The molecule has 0 saturated heterocycles. The Labute approximate surface area is 178 Å². The minimum atomic E-state index is -0.404. The van der Waals surface area contributed by atoms with Gasteiger partial charge in [-0.3, -0.25) is 9.59 Å². The highest BCUT2D eigenvalue weighted by atomic mass is 35.5. The van der Waals surface area contributed by atoms with E-state index < -0.39 is 5.97 Å². The third-order valence-corrected chi connectivity index (χ3v) is 5.14. The Balaban J connectivity index is 1.92. The van der Waals surface area contributed by atoms with Crippen LogP contribution in [0.25, 0.3) is 0 Å². The lowest BCUT2D eigenvalue weighted by molar-refractivity contribution is -0.131. The van der Waals surface area contributed by atoms with Gasteiger partial charge in [-0.25, -0.2) is 0 Å². The Kier molecular flexibility index (Phi) is 8.68. The van der Waals surface area contributed by atoms with Gasteiger partial charge in [0.25, 0.3) is 0 Å². The number of ether oxygens (including phenoxy) is 1. The molecule has 0 spiro atoms. The smallest absolute Gasteiger partial charge is 0.308 e. The largest absolute Gasteiger partial charge is 0.425 e. The Morgan fingerprint density at radius 3 is 2.41 bits per heavy atom. The van der Waals surface area contributed by atoms with Crippen molar-refractivity contribution < 1.29 is 14.3 Å². The molecule has 0 aliphatic rings. The van der Waals surface area contributed by atoms with Crippen LogP contribution in [0.15, 0.2) is 48.5 Å². The third kappa shape index (κ3) is 7.52. The zero-order valence-electron chi connectivity index (χ0n) is 17.4. The third-order valence-electron chi connectivity index (χ3n) is 4.85. The first-order chi connectivity index (χ1) is 13.8. The van der Waals surface area contributed by atoms with E-state index in [1.54, 1.807) is 12.1 Å². The van der Waals surface area contributed by atoms with Gasteiger partial charge in [-0.15, -0.1) is 0 Å². The highest BCUT2D eigenvalue weighted by molar-refractivity contribution is 6.32. The van der Waals surface area contributed by atoms with Gasteiger partial charge in [0.1, 0.15) is 5.75 Å². The molecule has 0 radical (unpaired) electrons. The average molecular weight is 417 g/mol. The SMILES string of the molecule is CC(=O)Oc1ccc(CC(CNC(=O)CC(C)c2ccccc2)N(C)C)cc1Cl. The lowest BCUT2D eigenvalue weighted by Gasteiger charge is -2.25. The molecule has 2 rings (SSSR count). The average Bonchev–Trinajstić information content (AvgIpc) is 2.67. The van der Waals surface area contributed by atoms with Crippen molar-refractivity contribution in [3.05, 3.63) is 64.7 Å². The number of nitrogens with zero attached hydrogens (tertiary/aromatic N) is 1. The van der Waals surface area contributed by atoms with Gasteiger partial charge in [-0.1, -0.05) is 54.9 Å². The molecule has 1 N–H and O–H groups in total. The van der Waals surface area contributed by atoms with Crippen LogP contribution in [0, 0.1) is 0 Å². The summed E-state index contributed by atoms with van der Waals surface area (Å²) in [5.41, 5.74) is 2.17. The summed E-state index contributed by atoms with van der Waals surface area (Å²) in [4.78, 5) is 25.6. The van der Waals surface area contributed by atoms with Crippen LogP contribution in [-0.4, -0.2) is 43.5 Å². The zero-order chi connectivity index (χ0) is 21.4. The second-order valence-corrected chi connectivity index (χ2v) is 7.91. The Morgan fingerprint density at radius 2 is 1.83 bits per heavy atom. The van der Waals surface area contributed by atoms with Gasteiger partial charge in [-0.2, -0.15) is 0 Å². The van der Waals surface area contributed by atoms with Crippen LogP contribution in [0.3, 0.4) is 0 Å². The number of carbonyl (C=O) groups excluding carboxylic acids is 2. The molecule has 5 nitrogen and oxygen atoms in total. The van der Waals surface area contributed by atoms with Crippen molar-refractivity contribution in [3.63, 3.8) is 0 Å². The number of benzene rings is 2. The van der Waals surface area contributed by atoms with E-state index in [9.17, 15) is 9.59 Å². The van der Waals surface area contributed by atoms with Gasteiger partial charge in [-0.05, 0) is 49.7 Å². The summed E-state index contributed by atoms with van der Waals surface area (Å²) in [5.74, 6) is 0.156. The zero-order valence-corrected chi connectivity index (χ0v) is 18.2. The van der Waals surface area contributed by atoms with Gasteiger partial charge in [0.05, 0.1) is 5.02 Å². The molecular formula is C23H29ClN2O3. The first-order valence-electron chi connectivity index (χ1n) is 9.71. The van der Waals surface area contributed by atoms with Gasteiger partial charge in [0.15, 0.2) is 0 Å². The number of rotatable bonds is 9. The van der Waals surface area contributed by atoms with Gasteiger partial charge in [0, 0.05) is 25.9 Å². The summed E-state index contributed by atoms with van der Waals surface area (Å²) in [6, 6.07) is 15.5. The van der Waals surface area contributed by atoms with Gasteiger partial charge >= 0.3 is 5.97 Å². The fourth-order valence-electron chi connectivity index (χ4n) is 3.10. The molecule has 29 heavy (non-hydrogen) atoms. The summed E-state index contributed by atoms with van der Waals surface area (Å²) < 4.78 is 5.07. The van der Waals surface area contributed by atoms with Crippen LogP contribution in [0.5, 0.6) is 5.75 Å². The fourth-order valence-corrected chi connectivity index (χ4v) is 3.34. The molecule has 0 aliphatic carbocycles. The number of esters is 1. The number of hydrogen-bond acceptors (Lipinski definition) is 4. The predicted molar refractivity (Wildman–Crippen MR) is 116 cm³/mol. The molecule has 0 fully saturated rings. The van der Waals surface area contributed by atoms with Crippen molar-refractivity contribution in [2.45, 2.75) is 38.6 Å². The van der Waals surface area contributed by atoms with Crippen molar-refractivity contribution in [1.82, 2.24) is 10.2 Å². The maximum Gasteiger partial charge on any atom is 0.308 e. The number of halogens is 1. The summed E-state index contributed by atoms with van der Waals surface area (Å²) in [6.45, 7) is 3.94. The van der Waals surface area contributed by atoms with Crippen molar-refractivity contribution in [3.8, 4) is 5.75 Å². The van der Waals surface area contributed by atoms with Crippen LogP contribution >= 0.6 is 11.6 Å². The molecule has 2 atom stereocenters. The first kappa shape index (κ1) is 22.9. The van der Waals surface area contributed by atoms with Gasteiger partial charge in [0.2, 0.25) is 5.91 Å². The van der Waals surface area contributed by atoms with Crippen LogP contribution in [-0.2, 0) is 16.0 Å². The second kappa shape index (κ2) is 11.0. The van der Waals surface area contributed by atoms with Crippen molar-refractivity contribution in [2.75, 3.05) is 20.6 Å². The first-order valence-corrected chi connectivity index (χ1v) is 10.1. The Morgan fingerprint density at radius 1 is 1.14 bits per heavy atom. The molecule has 1 amide bonds. The summed E-state index contributed by atoms with van der Waals surface area (Å²) in [7, 11) is 3.97. The summed E-state index contributed by atoms with van der Waals surface area (Å²) in [5, 5.41) is 3.45. The van der Waals surface area contributed by atoms with E-state index in [2.05, 4.69) is 17.1 Å². The number of carbonyl (C=O) groups is 2. The molecule has 2 aromatic rings. The van der Waals surface area contributed by atoms with E-state index in [-0.39, 0.29) is 17.9 Å². The molecule has 156 valence electrons.